The first-order valence-corrected chi connectivity index (χ1v) is 6.45. The zero-order valence-corrected chi connectivity index (χ0v) is 11.7. The molecule has 0 fully saturated rings. The number of ether oxygens (including phenoxy) is 1. The van der Waals surface area contributed by atoms with Crippen molar-refractivity contribution < 1.29 is 27.8 Å². The first-order valence-electron chi connectivity index (χ1n) is 6.45. The molecule has 1 aromatic carbocycles. The first-order chi connectivity index (χ1) is 9.61. The van der Waals surface area contributed by atoms with Crippen LogP contribution in [0.15, 0.2) is 24.3 Å². The Bertz CT molecular complexity index is 491. The van der Waals surface area contributed by atoms with Crippen LogP contribution in [0.2, 0.25) is 0 Å². The molecule has 0 aliphatic carbocycles. The Hall–Kier alpha value is -1.76. The highest BCUT2D eigenvalue weighted by molar-refractivity contribution is 5.73. The minimum Gasteiger partial charge on any atom is -0.480 e. The molecule has 3 N–H and O–H groups in total. The Morgan fingerprint density at radius 1 is 1.33 bits per heavy atom. The molecule has 7 heteroatoms. The van der Waals surface area contributed by atoms with E-state index in [1.54, 1.807) is 19.9 Å². The van der Waals surface area contributed by atoms with Gasteiger partial charge in [-0.15, -0.1) is 13.2 Å². The summed E-state index contributed by atoms with van der Waals surface area (Å²) < 4.78 is 41.2. The van der Waals surface area contributed by atoms with Gasteiger partial charge >= 0.3 is 12.3 Å². The number of nitrogens with two attached hydrogens (primary N) is 1. The Morgan fingerprint density at radius 3 is 2.43 bits per heavy atom. The molecular formula is C14H18F3NO3. The van der Waals surface area contributed by atoms with E-state index in [4.69, 9.17) is 10.8 Å². The predicted octanol–water partition coefficient (Wildman–Crippen LogP) is 3.13. The lowest BCUT2D eigenvalue weighted by Crippen LogP contribution is -2.33. The molecule has 0 aliphatic heterocycles. The second kappa shape index (κ2) is 6.80. The van der Waals surface area contributed by atoms with Crippen molar-refractivity contribution in [3.8, 4) is 5.75 Å². The number of carboxylic acids is 1. The number of benzene rings is 1. The van der Waals surface area contributed by atoms with Crippen LogP contribution in [-0.2, 0) is 4.79 Å². The van der Waals surface area contributed by atoms with Crippen molar-refractivity contribution in [2.45, 2.75) is 38.6 Å². The quantitative estimate of drug-likeness (QED) is 0.847. The first kappa shape index (κ1) is 17.3. The summed E-state index contributed by atoms with van der Waals surface area (Å²) >= 11 is 0. The number of aliphatic carboxylic acids is 1. The fraction of sp³-hybridized carbons (Fsp3) is 0.500. The molecule has 0 saturated heterocycles. The Labute approximate surface area is 120 Å². The topological polar surface area (TPSA) is 72.6 Å². The zero-order chi connectivity index (χ0) is 16.2. The highest BCUT2D eigenvalue weighted by atomic mass is 19.4. The summed E-state index contributed by atoms with van der Waals surface area (Å²) in [5, 5.41) is 8.79. The van der Waals surface area contributed by atoms with Gasteiger partial charge in [0, 0.05) is 0 Å². The smallest absolute Gasteiger partial charge is 0.480 e. The Kier molecular flexibility index (Phi) is 5.60. The standard InChI is InChI=1S/C14H18F3NO3/c1-8(7-11(18)13(19)20)9(2)10-5-3-4-6-12(10)21-14(15,16)17/h3-6,8-9,11H,7,18H2,1-2H3,(H,19,20). The number of para-hydroxylation sites is 1. The normalized spacial score (nSPS) is 16.1. The number of hydrogen-bond donors (Lipinski definition) is 2. The molecule has 0 aromatic heterocycles. The van der Waals surface area contributed by atoms with Crippen molar-refractivity contribution in [1.29, 1.82) is 0 Å². The van der Waals surface area contributed by atoms with Gasteiger partial charge in [0.05, 0.1) is 0 Å². The molecule has 3 unspecified atom stereocenters. The number of carbonyl (C=O) groups is 1. The largest absolute Gasteiger partial charge is 0.573 e. The summed E-state index contributed by atoms with van der Waals surface area (Å²) in [6.07, 6.45) is -4.60. The van der Waals surface area contributed by atoms with Crippen LogP contribution in [0, 0.1) is 5.92 Å². The molecule has 0 amide bonds. The third kappa shape index (κ3) is 5.26. The van der Waals surface area contributed by atoms with Gasteiger partial charge in [-0.3, -0.25) is 4.79 Å². The van der Waals surface area contributed by atoms with E-state index in [-0.39, 0.29) is 24.0 Å². The highest BCUT2D eigenvalue weighted by Gasteiger charge is 2.33. The number of hydrogen-bond acceptors (Lipinski definition) is 3. The van der Waals surface area contributed by atoms with Crippen LogP contribution >= 0.6 is 0 Å². The van der Waals surface area contributed by atoms with Gasteiger partial charge in [-0.1, -0.05) is 32.0 Å². The van der Waals surface area contributed by atoms with Crippen LogP contribution in [0.5, 0.6) is 5.75 Å². The minimum absolute atomic E-state index is 0.164. The van der Waals surface area contributed by atoms with Gasteiger partial charge in [-0.25, -0.2) is 0 Å². The van der Waals surface area contributed by atoms with Gasteiger partial charge in [0.25, 0.3) is 0 Å². The highest BCUT2D eigenvalue weighted by Crippen LogP contribution is 2.35. The van der Waals surface area contributed by atoms with Gasteiger partial charge in [-0.2, -0.15) is 0 Å². The lowest BCUT2D eigenvalue weighted by molar-refractivity contribution is -0.275. The van der Waals surface area contributed by atoms with E-state index in [1.807, 2.05) is 0 Å². The van der Waals surface area contributed by atoms with Crippen molar-refractivity contribution in [3.63, 3.8) is 0 Å². The van der Waals surface area contributed by atoms with Gasteiger partial charge in [0.2, 0.25) is 0 Å². The van der Waals surface area contributed by atoms with Gasteiger partial charge in [0.15, 0.2) is 0 Å². The summed E-state index contributed by atoms with van der Waals surface area (Å²) in [6, 6.07) is 4.79. The molecule has 0 saturated carbocycles. The molecule has 0 heterocycles. The monoisotopic (exact) mass is 305 g/mol. The molecule has 118 valence electrons. The SMILES string of the molecule is CC(CC(N)C(=O)O)C(C)c1ccccc1OC(F)(F)F. The van der Waals surface area contributed by atoms with Gasteiger partial charge < -0.3 is 15.6 Å². The van der Waals surface area contributed by atoms with E-state index in [0.29, 0.717) is 5.56 Å². The molecule has 0 bridgehead atoms. The maximum Gasteiger partial charge on any atom is 0.573 e. The molecule has 1 rings (SSSR count). The average Bonchev–Trinajstić information content (AvgIpc) is 2.36. The number of alkyl halides is 3. The van der Waals surface area contributed by atoms with Crippen molar-refractivity contribution in [3.05, 3.63) is 29.8 Å². The lowest BCUT2D eigenvalue weighted by Gasteiger charge is -2.24. The van der Waals surface area contributed by atoms with E-state index in [2.05, 4.69) is 4.74 Å². The molecule has 21 heavy (non-hydrogen) atoms. The summed E-state index contributed by atoms with van der Waals surface area (Å²) in [6.45, 7) is 3.47. The maximum atomic E-state index is 12.4. The fourth-order valence-electron chi connectivity index (χ4n) is 2.09. The van der Waals surface area contributed by atoms with Crippen LogP contribution in [-0.4, -0.2) is 23.5 Å². The van der Waals surface area contributed by atoms with Crippen LogP contribution in [0.25, 0.3) is 0 Å². The third-order valence-electron chi connectivity index (χ3n) is 3.43. The van der Waals surface area contributed by atoms with E-state index < -0.39 is 18.4 Å². The van der Waals surface area contributed by atoms with E-state index in [0.717, 1.165) is 0 Å². The minimum atomic E-state index is -4.77. The van der Waals surface area contributed by atoms with Gasteiger partial charge in [-0.05, 0) is 29.9 Å². The zero-order valence-electron chi connectivity index (χ0n) is 11.7. The van der Waals surface area contributed by atoms with Gasteiger partial charge in [0.1, 0.15) is 11.8 Å². The third-order valence-corrected chi connectivity index (χ3v) is 3.43. The molecule has 0 spiro atoms. The van der Waals surface area contributed by atoms with Crippen LogP contribution in [0.4, 0.5) is 13.2 Å². The van der Waals surface area contributed by atoms with Crippen LogP contribution < -0.4 is 10.5 Å². The molecular weight excluding hydrogens is 287 g/mol. The van der Waals surface area contributed by atoms with Crippen molar-refractivity contribution in [2.24, 2.45) is 11.7 Å². The summed E-state index contributed by atoms with van der Waals surface area (Å²) in [5.74, 6) is -1.94. The van der Waals surface area contributed by atoms with Crippen molar-refractivity contribution in [1.82, 2.24) is 0 Å². The Balaban J connectivity index is 2.91. The number of halogens is 3. The summed E-state index contributed by atoms with van der Waals surface area (Å²) in [4.78, 5) is 10.8. The number of carboxylic acid groups (broad SMARTS) is 1. The number of rotatable bonds is 6. The maximum absolute atomic E-state index is 12.4. The average molecular weight is 305 g/mol. The Morgan fingerprint density at radius 2 is 1.90 bits per heavy atom. The van der Waals surface area contributed by atoms with Crippen LogP contribution in [0.1, 0.15) is 31.7 Å². The summed E-state index contributed by atoms with van der Waals surface area (Å²) in [7, 11) is 0. The molecule has 4 nitrogen and oxygen atoms in total. The summed E-state index contributed by atoms with van der Waals surface area (Å²) in [5.41, 5.74) is 5.84. The van der Waals surface area contributed by atoms with Crippen molar-refractivity contribution in [2.75, 3.05) is 0 Å². The second-order valence-electron chi connectivity index (χ2n) is 5.03. The van der Waals surface area contributed by atoms with Crippen molar-refractivity contribution >= 4 is 5.97 Å². The lowest BCUT2D eigenvalue weighted by atomic mass is 9.84. The van der Waals surface area contributed by atoms with E-state index >= 15 is 0 Å². The predicted molar refractivity (Wildman–Crippen MR) is 70.9 cm³/mol. The van der Waals surface area contributed by atoms with Crippen LogP contribution in [0.3, 0.4) is 0 Å². The van der Waals surface area contributed by atoms with E-state index in [1.165, 1.54) is 18.2 Å². The van der Waals surface area contributed by atoms with E-state index in [9.17, 15) is 18.0 Å². The molecule has 0 radical (unpaired) electrons. The molecule has 0 aliphatic rings. The molecule has 3 atom stereocenters. The second-order valence-corrected chi connectivity index (χ2v) is 5.03. The fourth-order valence-corrected chi connectivity index (χ4v) is 2.09. The molecule has 1 aromatic rings.